The Hall–Kier alpha value is -0.773. The molecule has 2 N–H and O–H groups in total. The quantitative estimate of drug-likeness (QED) is 0.560. The van der Waals surface area contributed by atoms with Crippen LogP contribution >= 0.6 is 0 Å². The van der Waals surface area contributed by atoms with Crippen LogP contribution in [0.15, 0.2) is 12.7 Å². The molecule has 14 heavy (non-hydrogen) atoms. The molecule has 0 heterocycles. The minimum Gasteiger partial charge on any atom is -0.450 e. The zero-order valence-corrected chi connectivity index (χ0v) is 10.7. The van der Waals surface area contributed by atoms with E-state index in [0.717, 1.165) is 5.54 Å². The lowest BCUT2D eigenvalue weighted by Gasteiger charge is -2.28. The monoisotopic (exact) mass is 218 g/mol. The highest BCUT2D eigenvalue weighted by Crippen LogP contribution is 2.29. The first-order chi connectivity index (χ1) is 6.12. The molecule has 0 spiro atoms. The number of allylic oxidation sites excluding steroid dienone is 1. The minimum atomic E-state index is -1.83. The van der Waals surface area contributed by atoms with E-state index < -0.39 is 14.2 Å². The summed E-state index contributed by atoms with van der Waals surface area (Å²) in [6.45, 7) is 15.7. The molecule has 4 heteroatoms. The van der Waals surface area contributed by atoms with Gasteiger partial charge in [-0.2, -0.15) is 0 Å². The van der Waals surface area contributed by atoms with E-state index in [1.54, 1.807) is 0 Å². The lowest BCUT2D eigenvalue weighted by atomic mass is 10.1. The van der Waals surface area contributed by atoms with Crippen molar-refractivity contribution in [1.82, 2.24) is 0 Å². The fraction of sp³-hybridized carbons (Fsp3) is 0.700. The number of hydrogen-bond acceptors (Lipinski definition) is 1. The van der Waals surface area contributed by atoms with Crippen LogP contribution in [0.3, 0.4) is 0 Å². The van der Waals surface area contributed by atoms with Crippen molar-refractivity contribution < 1.29 is 15.0 Å². The Morgan fingerprint density at radius 3 is 1.64 bits per heavy atom. The molecule has 0 aliphatic carbocycles. The molecule has 0 aliphatic rings. The SMILES string of the molecule is C=CC(C)C(C)[Si](C)(C)C.O=C(O)O. The van der Waals surface area contributed by atoms with Gasteiger partial charge in [-0.25, -0.2) is 4.79 Å². The number of hydrogen-bond donors (Lipinski definition) is 2. The predicted octanol–water partition coefficient (Wildman–Crippen LogP) is 3.76. The number of carbonyl (C=O) groups is 1. The van der Waals surface area contributed by atoms with E-state index in [1.165, 1.54) is 0 Å². The van der Waals surface area contributed by atoms with Crippen molar-refractivity contribution in [2.45, 2.75) is 39.0 Å². The van der Waals surface area contributed by atoms with Gasteiger partial charge < -0.3 is 10.2 Å². The van der Waals surface area contributed by atoms with Gasteiger partial charge in [0.05, 0.1) is 0 Å². The maximum atomic E-state index is 8.56. The van der Waals surface area contributed by atoms with E-state index in [0.29, 0.717) is 5.92 Å². The number of carboxylic acid groups (broad SMARTS) is 2. The Bertz CT molecular complexity index is 180. The summed E-state index contributed by atoms with van der Waals surface area (Å²) in [5.74, 6) is 0.687. The van der Waals surface area contributed by atoms with Crippen molar-refractivity contribution in [3.05, 3.63) is 12.7 Å². The second kappa shape index (κ2) is 6.65. The van der Waals surface area contributed by atoms with Crippen molar-refractivity contribution in [2.24, 2.45) is 5.92 Å². The maximum Gasteiger partial charge on any atom is 0.503 e. The first-order valence-corrected chi connectivity index (χ1v) is 8.25. The standard InChI is InChI=1S/C9H20Si.CH2O3/c1-7-8(2)9(3)10(4,5)6;2-1(3)4/h7-9H,1H2,2-6H3;(H2,2,3,4). The highest BCUT2D eigenvalue weighted by atomic mass is 28.3. The molecule has 0 aliphatic heterocycles. The van der Waals surface area contributed by atoms with Gasteiger partial charge in [-0.3, -0.25) is 0 Å². The average molecular weight is 218 g/mol. The molecule has 0 rings (SSSR count). The summed E-state index contributed by atoms with van der Waals surface area (Å²) in [7, 11) is -0.916. The van der Waals surface area contributed by atoms with Gasteiger partial charge in [-0.1, -0.05) is 39.6 Å². The Morgan fingerprint density at radius 2 is 1.57 bits per heavy atom. The minimum absolute atomic E-state index is 0.687. The molecule has 0 radical (unpaired) electrons. The van der Waals surface area contributed by atoms with E-state index in [-0.39, 0.29) is 0 Å². The highest BCUT2D eigenvalue weighted by molar-refractivity contribution is 6.77. The van der Waals surface area contributed by atoms with E-state index in [9.17, 15) is 0 Å². The van der Waals surface area contributed by atoms with Gasteiger partial charge in [0, 0.05) is 8.07 Å². The van der Waals surface area contributed by atoms with Crippen molar-refractivity contribution >= 4 is 14.2 Å². The van der Waals surface area contributed by atoms with Crippen LogP contribution in [0.5, 0.6) is 0 Å². The summed E-state index contributed by atoms with van der Waals surface area (Å²) in [4.78, 5) is 8.56. The lowest BCUT2D eigenvalue weighted by molar-refractivity contribution is 0.137. The van der Waals surface area contributed by atoms with E-state index >= 15 is 0 Å². The zero-order valence-electron chi connectivity index (χ0n) is 9.74. The third-order valence-electron chi connectivity index (χ3n) is 2.53. The molecule has 0 saturated carbocycles. The van der Waals surface area contributed by atoms with Crippen LogP contribution in [0, 0.1) is 5.92 Å². The summed E-state index contributed by atoms with van der Waals surface area (Å²) < 4.78 is 0. The average Bonchev–Trinajstić information content (AvgIpc) is 1.99. The van der Waals surface area contributed by atoms with Crippen LogP contribution in [0.4, 0.5) is 4.79 Å². The Morgan fingerprint density at radius 1 is 1.29 bits per heavy atom. The van der Waals surface area contributed by atoms with Crippen LogP contribution in [-0.2, 0) is 0 Å². The van der Waals surface area contributed by atoms with Crippen LogP contribution in [-0.4, -0.2) is 24.4 Å². The van der Waals surface area contributed by atoms with Gasteiger partial charge in [0.1, 0.15) is 0 Å². The third-order valence-corrected chi connectivity index (χ3v) is 5.78. The van der Waals surface area contributed by atoms with Gasteiger partial charge in [0.15, 0.2) is 0 Å². The van der Waals surface area contributed by atoms with Crippen molar-refractivity contribution in [2.75, 3.05) is 0 Å². The molecular weight excluding hydrogens is 196 g/mol. The third kappa shape index (κ3) is 9.32. The summed E-state index contributed by atoms with van der Waals surface area (Å²) in [6.07, 6.45) is 0.239. The molecule has 0 aromatic carbocycles. The van der Waals surface area contributed by atoms with E-state index in [1.807, 2.05) is 0 Å². The maximum absolute atomic E-state index is 8.56. The van der Waals surface area contributed by atoms with Gasteiger partial charge in [-0.15, -0.1) is 6.58 Å². The summed E-state index contributed by atoms with van der Waals surface area (Å²) in [5, 5.41) is 13.9. The molecule has 0 bridgehead atoms. The topological polar surface area (TPSA) is 57.5 Å². The van der Waals surface area contributed by atoms with Crippen molar-refractivity contribution in [3.8, 4) is 0 Å². The van der Waals surface area contributed by atoms with E-state index in [4.69, 9.17) is 15.0 Å². The van der Waals surface area contributed by atoms with Crippen LogP contribution < -0.4 is 0 Å². The van der Waals surface area contributed by atoms with Crippen LogP contribution in [0.2, 0.25) is 25.2 Å². The molecule has 0 saturated heterocycles. The molecule has 84 valence electrons. The Labute approximate surface area is 87.5 Å². The lowest BCUT2D eigenvalue weighted by Crippen LogP contribution is -2.29. The molecule has 0 aromatic rings. The first kappa shape index (κ1) is 15.7. The van der Waals surface area contributed by atoms with Crippen LogP contribution in [0.1, 0.15) is 13.8 Å². The van der Waals surface area contributed by atoms with Crippen molar-refractivity contribution in [1.29, 1.82) is 0 Å². The molecular formula is C10H22O3Si. The molecule has 3 nitrogen and oxygen atoms in total. The summed E-state index contributed by atoms with van der Waals surface area (Å²) in [6, 6.07) is 0. The van der Waals surface area contributed by atoms with Crippen LogP contribution in [0.25, 0.3) is 0 Å². The van der Waals surface area contributed by atoms with Gasteiger partial charge in [-0.05, 0) is 11.5 Å². The molecule has 0 amide bonds. The van der Waals surface area contributed by atoms with Gasteiger partial charge in [0.2, 0.25) is 0 Å². The van der Waals surface area contributed by atoms with Gasteiger partial charge >= 0.3 is 6.16 Å². The predicted molar refractivity (Wildman–Crippen MR) is 62.8 cm³/mol. The fourth-order valence-corrected chi connectivity index (χ4v) is 2.71. The summed E-state index contributed by atoms with van der Waals surface area (Å²) >= 11 is 0. The smallest absolute Gasteiger partial charge is 0.450 e. The fourth-order valence-electron chi connectivity index (χ4n) is 0.993. The van der Waals surface area contributed by atoms with E-state index in [2.05, 4.69) is 46.1 Å². The molecule has 2 atom stereocenters. The Kier molecular flexibility index (Phi) is 7.45. The Balaban J connectivity index is 0. The number of rotatable bonds is 3. The highest BCUT2D eigenvalue weighted by Gasteiger charge is 2.25. The zero-order chi connectivity index (χ0) is 11.9. The second-order valence-corrected chi connectivity index (χ2v) is 10.2. The summed E-state index contributed by atoms with van der Waals surface area (Å²) in [5.41, 5.74) is 0.852. The normalized spacial score (nSPS) is 14.6. The molecule has 0 aromatic heterocycles. The molecule has 0 fully saturated rings. The first-order valence-electron chi connectivity index (χ1n) is 4.67. The largest absolute Gasteiger partial charge is 0.503 e. The second-order valence-electron chi connectivity index (χ2n) is 4.53. The van der Waals surface area contributed by atoms with Crippen molar-refractivity contribution in [3.63, 3.8) is 0 Å². The molecule has 2 unspecified atom stereocenters. The van der Waals surface area contributed by atoms with Gasteiger partial charge in [0.25, 0.3) is 0 Å².